The van der Waals surface area contributed by atoms with Crippen molar-refractivity contribution in [2.45, 2.75) is 30.8 Å². The Morgan fingerprint density at radius 1 is 0.930 bits per heavy atom. The number of sulfonamides is 1. The number of anilines is 1. The molecule has 0 spiro atoms. The number of halogens is 3. The number of carbonyl (C=O) groups excluding carboxylic acids is 1. The second-order valence-corrected chi connectivity index (χ2v) is 12.5. The van der Waals surface area contributed by atoms with Crippen LogP contribution >= 0.6 is 0 Å². The van der Waals surface area contributed by atoms with Crippen LogP contribution in [0, 0.1) is 19.8 Å². The zero-order chi connectivity index (χ0) is 31.4. The van der Waals surface area contributed by atoms with Crippen molar-refractivity contribution in [3.05, 3.63) is 89.7 Å². The van der Waals surface area contributed by atoms with E-state index in [0.29, 0.717) is 13.1 Å². The van der Waals surface area contributed by atoms with Crippen molar-refractivity contribution in [2.75, 3.05) is 44.2 Å². The number of hydrogen-bond acceptors (Lipinski definition) is 6. The molecule has 0 aliphatic carbocycles. The lowest BCUT2D eigenvalue weighted by Gasteiger charge is -2.38. The van der Waals surface area contributed by atoms with Crippen molar-refractivity contribution in [2.24, 2.45) is 5.92 Å². The average Bonchev–Trinajstić information content (AvgIpc) is 3.45. The topological polar surface area (TPSA) is 111 Å². The molecule has 3 heterocycles. The molecule has 5 rings (SSSR count). The number of nitrogens with zero attached hydrogens (tertiary/aromatic N) is 4. The summed E-state index contributed by atoms with van der Waals surface area (Å²) < 4.78 is 59.9. The minimum absolute atomic E-state index is 0.0355. The van der Waals surface area contributed by atoms with E-state index in [1.165, 1.54) is 27.3 Å². The quantitative estimate of drug-likeness (QED) is 0.459. The number of rotatable bonds is 5. The van der Waals surface area contributed by atoms with Gasteiger partial charge in [-0.3, -0.25) is 9.78 Å². The second-order valence-electron chi connectivity index (χ2n) is 10.5. The number of aryl methyl sites for hydroxylation is 2. The van der Waals surface area contributed by atoms with Gasteiger partial charge in [0.15, 0.2) is 0 Å². The fourth-order valence-corrected chi connectivity index (χ4v) is 6.82. The summed E-state index contributed by atoms with van der Waals surface area (Å²) in [7, 11) is -3.74. The van der Waals surface area contributed by atoms with Crippen LogP contribution in [0.5, 0.6) is 0 Å². The Balaban J connectivity index is 0.000000541. The highest BCUT2D eigenvalue weighted by molar-refractivity contribution is 7.89. The minimum Gasteiger partial charge on any atom is -0.475 e. The molecule has 2 fully saturated rings. The molecule has 1 amide bonds. The molecule has 13 heteroatoms. The summed E-state index contributed by atoms with van der Waals surface area (Å²) in [5, 5.41) is 7.12. The van der Waals surface area contributed by atoms with Crippen molar-refractivity contribution >= 4 is 27.6 Å². The third-order valence-electron chi connectivity index (χ3n) is 7.64. The van der Waals surface area contributed by atoms with E-state index in [4.69, 9.17) is 9.90 Å². The lowest BCUT2D eigenvalue weighted by Crippen LogP contribution is -2.51. The molecule has 0 radical (unpaired) electrons. The molecule has 2 aromatic carbocycles. The normalized spacial score (nSPS) is 19.5. The number of carbonyl (C=O) groups is 2. The van der Waals surface area contributed by atoms with Gasteiger partial charge in [-0.25, -0.2) is 13.2 Å². The number of aromatic nitrogens is 1. The SMILES string of the molecule is Cc1ccc(C)c(N2CCN(C(=O)C3CN(S(=O)(=O)c4cccnc4)CC3c3ccccc3)CC2)c1.O=C(O)C(F)(F)F. The summed E-state index contributed by atoms with van der Waals surface area (Å²) in [6, 6.07) is 19.4. The Morgan fingerprint density at radius 2 is 1.58 bits per heavy atom. The standard InChI is InChI=1S/C28H32N4O3S.C2HF3O2/c1-21-10-11-22(2)27(17-21)30-13-15-31(16-14-30)28(33)26-20-32(19-25(26)23-7-4-3-5-8-23)36(34,35)24-9-6-12-29-18-24;3-2(4,5)1(6)7/h3-12,17-18,25-26H,13-16,19-20H2,1-2H3;(H,6,7). The first kappa shape index (κ1) is 32.0. The summed E-state index contributed by atoms with van der Waals surface area (Å²) in [6.45, 7) is 7.43. The van der Waals surface area contributed by atoms with Crippen molar-refractivity contribution in [3.63, 3.8) is 0 Å². The molecule has 2 saturated heterocycles. The molecule has 2 aliphatic heterocycles. The highest BCUT2D eigenvalue weighted by Crippen LogP contribution is 2.37. The van der Waals surface area contributed by atoms with Crippen LogP contribution in [-0.2, 0) is 19.6 Å². The van der Waals surface area contributed by atoms with Gasteiger partial charge in [0.1, 0.15) is 4.90 Å². The number of carboxylic acid groups (broad SMARTS) is 1. The number of hydrogen-bond donors (Lipinski definition) is 1. The van der Waals surface area contributed by atoms with E-state index in [9.17, 15) is 26.4 Å². The fourth-order valence-electron chi connectivity index (χ4n) is 5.36. The van der Waals surface area contributed by atoms with Gasteiger partial charge < -0.3 is 14.9 Å². The third-order valence-corrected chi connectivity index (χ3v) is 9.46. The molecular formula is C30H33F3N4O5S. The van der Waals surface area contributed by atoms with Gasteiger partial charge in [0, 0.05) is 63.3 Å². The molecule has 1 N–H and O–H groups in total. The maximum absolute atomic E-state index is 13.8. The van der Waals surface area contributed by atoms with Crippen molar-refractivity contribution in [1.82, 2.24) is 14.2 Å². The van der Waals surface area contributed by atoms with Gasteiger partial charge in [0.2, 0.25) is 15.9 Å². The van der Waals surface area contributed by atoms with E-state index in [-0.39, 0.29) is 29.8 Å². The molecule has 2 unspecified atom stereocenters. The Morgan fingerprint density at radius 3 is 2.16 bits per heavy atom. The molecule has 2 atom stereocenters. The minimum atomic E-state index is -5.08. The van der Waals surface area contributed by atoms with Crippen LogP contribution in [0.4, 0.5) is 18.9 Å². The third kappa shape index (κ3) is 7.52. The summed E-state index contributed by atoms with van der Waals surface area (Å²) in [4.78, 5) is 31.1. The molecular weight excluding hydrogens is 585 g/mol. The zero-order valence-electron chi connectivity index (χ0n) is 23.7. The van der Waals surface area contributed by atoms with Gasteiger partial charge in [0.05, 0.1) is 5.92 Å². The molecule has 9 nitrogen and oxygen atoms in total. The number of aliphatic carboxylic acids is 1. The number of alkyl halides is 3. The first-order valence-electron chi connectivity index (χ1n) is 13.6. The second kappa shape index (κ2) is 13.1. The number of pyridine rings is 1. The highest BCUT2D eigenvalue weighted by Gasteiger charge is 2.45. The smallest absolute Gasteiger partial charge is 0.475 e. The van der Waals surface area contributed by atoms with E-state index >= 15 is 0 Å². The Kier molecular flexibility index (Phi) is 9.75. The fraction of sp³-hybridized carbons (Fsp3) is 0.367. The maximum atomic E-state index is 13.8. The van der Waals surface area contributed by atoms with E-state index < -0.39 is 28.1 Å². The molecule has 230 valence electrons. The van der Waals surface area contributed by atoms with Crippen LogP contribution in [0.3, 0.4) is 0 Å². The van der Waals surface area contributed by atoms with Gasteiger partial charge in [0.25, 0.3) is 0 Å². The van der Waals surface area contributed by atoms with E-state index in [0.717, 1.165) is 18.7 Å². The summed E-state index contributed by atoms with van der Waals surface area (Å²) in [6.07, 6.45) is -2.16. The number of benzene rings is 2. The van der Waals surface area contributed by atoms with Crippen LogP contribution in [0.2, 0.25) is 0 Å². The predicted octanol–water partition coefficient (Wildman–Crippen LogP) is 4.08. The van der Waals surface area contributed by atoms with Crippen LogP contribution in [0.1, 0.15) is 22.6 Å². The lowest BCUT2D eigenvalue weighted by atomic mass is 9.88. The number of piperazine rings is 1. The van der Waals surface area contributed by atoms with Gasteiger partial charge in [-0.1, -0.05) is 42.5 Å². The van der Waals surface area contributed by atoms with Crippen molar-refractivity contribution in [1.29, 1.82) is 0 Å². The van der Waals surface area contributed by atoms with E-state index in [2.05, 4.69) is 41.9 Å². The average molecular weight is 619 g/mol. The zero-order valence-corrected chi connectivity index (χ0v) is 24.6. The Labute approximate surface area is 248 Å². The number of carboxylic acids is 1. The van der Waals surface area contributed by atoms with E-state index in [1.54, 1.807) is 18.3 Å². The Bertz CT molecular complexity index is 1530. The summed E-state index contributed by atoms with van der Waals surface area (Å²) in [5.74, 6) is -3.34. The summed E-state index contributed by atoms with van der Waals surface area (Å²) >= 11 is 0. The Hall–Kier alpha value is -3.97. The largest absolute Gasteiger partial charge is 0.490 e. The van der Waals surface area contributed by atoms with Crippen molar-refractivity contribution < 1.29 is 36.3 Å². The van der Waals surface area contributed by atoms with Gasteiger partial charge >= 0.3 is 12.1 Å². The van der Waals surface area contributed by atoms with Crippen LogP contribution in [0.25, 0.3) is 0 Å². The summed E-state index contributed by atoms with van der Waals surface area (Å²) in [5.41, 5.74) is 4.67. The molecule has 2 aliphatic rings. The predicted molar refractivity (Wildman–Crippen MR) is 154 cm³/mol. The molecule has 0 saturated carbocycles. The molecule has 43 heavy (non-hydrogen) atoms. The lowest BCUT2D eigenvalue weighted by molar-refractivity contribution is -0.192. The van der Waals surface area contributed by atoms with E-state index in [1.807, 2.05) is 35.2 Å². The molecule has 1 aromatic heterocycles. The van der Waals surface area contributed by atoms with Gasteiger partial charge in [-0.15, -0.1) is 0 Å². The first-order valence-corrected chi connectivity index (χ1v) is 15.1. The highest BCUT2D eigenvalue weighted by atomic mass is 32.2. The van der Waals surface area contributed by atoms with Crippen LogP contribution < -0.4 is 4.90 Å². The maximum Gasteiger partial charge on any atom is 0.490 e. The monoisotopic (exact) mass is 618 g/mol. The van der Waals surface area contributed by atoms with Crippen LogP contribution in [-0.4, -0.2) is 85.0 Å². The number of amides is 1. The molecule has 3 aromatic rings. The first-order chi connectivity index (χ1) is 20.3. The van der Waals surface area contributed by atoms with Crippen LogP contribution in [0.15, 0.2) is 78.0 Å². The molecule has 0 bridgehead atoms. The van der Waals surface area contributed by atoms with Gasteiger partial charge in [-0.05, 0) is 48.7 Å². The van der Waals surface area contributed by atoms with Crippen molar-refractivity contribution in [3.8, 4) is 0 Å². The van der Waals surface area contributed by atoms with Gasteiger partial charge in [-0.2, -0.15) is 17.5 Å².